The number of nitrogens with one attached hydrogen (secondary N) is 1. The minimum absolute atomic E-state index is 0.0430. The van der Waals surface area contributed by atoms with Gasteiger partial charge in [-0.1, -0.05) is 241 Å². The van der Waals surface area contributed by atoms with Crippen molar-refractivity contribution in [1.29, 1.82) is 0 Å². The Balaban J connectivity index is 4.66. The zero-order chi connectivity index (χ0) is 47.4. The molecule has 0 aliphatic rings. The number of unbranched alkanes of at least 4 members (excludes halogenated alkanes) is 25. The van der Waals surface area contributed by atoms with E-state index in [-0.39, 0.29) is 24.9 Å². The SMILES string of the molecule is CC/C=C/C=C/C=C\C=C/CCCCCC(=O)OC(CCCCCC/C=C\C/C=C\C/C=C\CCCCC)CC(=O)NC(CO)C(O)CCCCCCCCCCCCCCCCCC. The van der Waals surface area contributed by atoms with E-state index in [1.165, 1.54) is 109 Å². The molecule has 0 aliphatic heterocycles. The molecule has 0 spiro atoms. The molecule has 3 atom stereocenters. The van der Waals surface area contributed by atoms with E-state index in [9.17, 15) is 19.8 Å². The molecular formula is C59H103NO5. The lowest BCUT2D eigenvalue weighted by Crippen LogP contribution is -2.46. The van der Waals surface area contributed by atoms with Gasteiger partial charge in [0, 0.05) is 6.42 Å². The van der Waals surface area contributed by atoms with Gasteiger partial charge in [0.25, 0.3) is 0 Å². The van der Waals surface area contributed by atoms with Crippen LogP contribution in [0.25, 0.3) is 0 Å². The molecule has 0 saturated carbocycles. The van der Waals surface area contributed by atoms with Crippen LogP contribution < -0.4 is 5.32 Å². The highest BCUT2D eigenvalue weighted by Gasteiger charge is 2.24. The molecular weight excluding hydrogens is 803 g/mol. The Kier molecular flexibility index (Phi) is 49.6. The second-order valence-electron chi connectivity index (χ2n) is 18.3. The van der Waals surface area contributed by atoms with Crippen LogP contribution in [0, 0.1) is 0 Å². The first-order chi connectivity index (χ1) is 32.0. The van der Waals surface area contributed by atoms with Gasteiger partial charge in [0.05, 0.1) is 25.2 Å². The van der Waals surface area contributed by atoms with Crippen LogP contribution in [0.2, 0.25) is 0 Å². The summed E-state index contributed by atoms with van der Waals surface area (Å²) in [4.78, 5) is 26.2. The van der Waals surface area contributed by atoms with Crippen molar-refractivity contribution in [1.82, 2.24) is 5.32 Å². The molecule has 6 nitrogen and oxygen atoms in total. The van der Waals surface area contributed by atoms with Crippen LogP contribution in [-0.2, 0) is 14.3 Å². The fraction of sp³-hybridized carbons (Fsp3) is 0.729. The van der Waals surface area contributed by atoms with Gasteiger partial charge in [-0.25, -0.2) is 0 Å². The molecule has 0 saturated heterocycles. The van der Waals surface area contributed by atoms with Gasteiger partial charge in [0.2, 0.25) is 5.91 Å². The number of amides is 1. The third-order valence-electron chi connectivity index (χ3n) is 12.1. The Morgan fingerprint density at radius 2 is 0.892 bits per heavy atom. The Morgan fingerprint density at radius 3 is 1.43 bits per heavy atom. The molecule has 65 heavy (non-hydrogen) atoms. The first kappa shape index (κ1) is 62.0. The average Bonchev–Trinajstić information content (AvgIpc) is 3.30. The van der Waals surface area contributed by atoms with E-state index < -0.39 is 18.2 Å². The van der Waals surface area contributed by atoms with Crippen LogP contribution in [0.1, 0.15) is 252 Å². The van der Waals surface area contributed by atoms with Crippen LogP contribution in [-0.4, -0.2) is 46.9 Å². The number of esters is 1. The molecule has 0 radical (unpaired) electrons. The Morgan fingerprint density at radius 1 is 0.477 bits per heavy atom. The van der Waals surface area contributed by atoms with Crippen molar-refractivity contribution in [3.8, 4) is 0 Å². The van der Waals surface area contributed by atoms with Crippen molar-refractivity contribution >= 4 is 11.9 Å². The molecule has 0 bridgehead atoms. The van der Waals surface area contributed by atoms with Gasteiger partial charge in [-0.2, -0.15) is 0 Å². The number of hydrogen-bond acceptors (Lipinski definition) is 5. The normalized spacial score (nSPS) is 13.9. The highest BCUT2D eigenvalue weighted by Crippen LogP contribution is 2.18. The van der Waals surface area contributed by atoms with Crippen molar-refractivity contribution in [2.75, 3.05) is 6.61 Å². The average molecular weight is 906 g/mol. The highest BCUT2D eigenvalue weighted by atomic mass is 16.5. The molecule has 6 heteroatoms. The van der Waals surface area contributed by atoms with Gasteiger partial charge < -0.3 is 20.3 Å². The van der Waals surface area contributed by atoms with Gasteiger partial charge >= 0.3 is 5.97 Å². The van der Waals surface area contributed by atoms with Crippen molar-refractivity contribution in [2.45, 2.75) is 270 Å². The second kappa shape index (κ2) is 52.0. The monoisotopic (exact) mass is 906 g/mol. The van der Waals surface area contributed by atoms with Crippen LogP contribution in [0.15, 0.2) is 85.1 Å². The second-order valence-corrected chi connectivity index (χ2v) is 18.3. The maximum absolute atomic E-state index is 13.2. The summed E-state index contributed by atoms with van der Waals surface area (Å²) in [6.07, 6.45) is 67.8. The van der Waals surface area contributed by atoms with Crippen molar-refractivity contribution in [2.24, 2.45) is 0 Å². The number of aliphatic hydroxyl groups is 2. The van der Waals surface area contributed by atoms with Crippen molar-refractivity contribution < 1.29 is 24.5 Å². The molecule has 0 aromatic heterocycles. The van der Waals surface area contributed by atoms with E-state index in [0.717, 1.165) is 96.3 Å². The van der Waals surface area contributed by atoms with E-state index >= 15 is 0 Å². The predicted octanol–water partition coefficient (Wildman–Crippen LogP) is 16.7. The summed E-state index contributed by atoms with van der Waals surface area (Å²) in [6, 6.07) is -0.722. The van der Waals surface area contributed by atoms with Crippen LogP contribution in [0.3, 0.4) is 0 Å². The highest BCUT2D eigenvalue weighted by molar-refractivity contribution is 5.77. The van der Waals surface area contributed by atoms with Gasteiger partial charge in [0.1, 0.15) is 6.10 Å². The van der Waals surface area contributed by atoms with Gasteiger partial charge in [-0.3, -0.25) is 9.59 Å². The molecule has 0 aromatic carbocycles. The quantitative estimate of drug-likeness (QED) is 0.0245. The lowest BCUT2D eigenvalue weighted by Gasteiger charge is -2.24. The van der Waals surface area contributed by atoms with E-state index in [4.69, 9.17) is 4.74 Å². The third kappa shape index (κ3) is 47.3. The summed E-state index contributed by atoms with van der Waals surface area (Å²) in [5.74, 6) is -0.543. The van der Waals surface area contributed by atoms with E-state index in [2.05, 4.69) is 86.8 Å². The van der Waals surface area contributed by atoms with Crippen molar-refractivity contribution in [3.05, 3.63) is 85.1 Å². The molecule has 0 rings (SSSR count). The van der Waals surface area contributed by atoms with Crippen LogP contribution >= 0.6 is 0 Å². The Bertz CT molecular complexity index is 1250. The standard InChI is InChI=1S/C59H103NO5/c1-4-7-10-13-16-19-22-25-27-29-30-33-35-38-41-44-47-50-55(65-59(64)52-49-46-43-40-37-32-24-21-18-15-12-9-6-3)53-58(63)60-56(54-61)57(62)51-48-45-42-39-36-34-31-28-26-23-20-17-14-11-8-5-2/h9,12,15-16,18-19,21,24-25,27,30,32-33,37,55-57,61-62H,4-8,10-11,13-14,17,20,22-23,26,28-29,31,34-36,38-54H2,1-3H3,(H,60,63)/b12-9+,18-15+,19-16-,24-21-,27-25-,33-30-,37-32-. The van der Waals surface area contributed by atoms with Crippen LogP contribution in [0.5, 0.6) is 0 Å². The largest absolute Gasteiger partial charge is 0.462 e. The number of carbonyl (C=O) groups is 2. The zero-order valence-corrected chi connectivity index (χ0v) is 42.6. The third-order valence-corrected chi connectivity index (χ3v) is 12.1. The number of rotatable bonds is 48. The number of carbonyl (C=O) groups excluding carboxylic acids is 2. The van der Waals surface area contributed by atoms with E-state index in [1.807, 2.05) is 24.3 Å². The summed E-state index contributed by atoms with van der Waals surface area (Å²) >= 11 is 0. The lowest BCUT2D eigenvalue weighted by molar-refractivity contribution is -0.151. The van der Waals surface area contributed by atoms with Gasteiger partial charge in [-0.05, 0) is 83.5 Å². The minimum atomic E-state index is -0.806. The van der Waals surface area contributed by atoms with Crippen LogP contribution in [0.4, 0.5) is 0 Å². The van der Waals surface area contributed by atoms with Gasteiger partial charge in [0.15, 0.2) is 0 Å². The summed E-state index contributed by atoms with van der Waals surface area (Å²) < 4.78 is 5.92. The molecule has 0 heterocycles. The number of hydrogen-bond donors (Lipinski definition) is 3. The Labute approximate surface area is 402 Å². The molecule has 1 amide bonds. The Hall–Kier alpha value is -2.96. The summed E-state index contributed by atoms with van der Waals surface area (Å²) in [7, 11) is 0. The zero-order valence-electron chi connectivity index (χ0n) is 42.6. The fourth-order valence-corrected chi connectivity index (χ4v) is 7.92. The summed E-state index contributed by atoms with van der Waals surface area (Å²) in [5.41, 5.74) is 0. The maximum atomic E-state index is 13.2. The van der Waals surface area contributed by atoms with Crippen molar-refractivity contribution in [3.63, 3.8) is 0 Å². The molecule has 3 N–H and O–H groups in total. The number of ether oxygens (including phenoxy) is 1. The summed E-state index contributed by atoms with van der Waals surface area (Å²) in [5, 5.41) is 23.8. The number of allylic oxidation sites excluding steroid dienone is 14. The first-order valence-corrected chi connectivity index (χ1v) is 27.4. The topological polar surface area (TPSA) is 95.9 Å². The maximum Gasteiger partial charge on any atom is 0.306 e. The van der Waals surface area contributed by atoms with E-state index in [1.54, 1.807) is 0 Å². The molecule has 0 aromatic rings. The molecule has 3 unspecified atom stereocenters. The number of aliphatic hydroxyl groups excluding tert-OH is 2. The molecule has 0 fully saturated rings. The fourth-order valence-electron chi connectivity index (χ4n) is 7.92. The minimum Gasteiger partial charge on any atom is -0.462 e. The lowest BCUT2D eigenvalue weighted by atomic mass is 10.0. The predicted molar refractivity (Wildman–Crippen MR) is 282 cm³/mol. The smallest absolute Gasteiger partial charge is 0.306 e. The van der Waals surface area contributed by atoms with Gasteiger partial charge in [-0.15, -0.1) is 0 Å². The first-order valence-electron chi connectivity index (χ1n) is 27.4. The molecule has 374 valence electrons. The molecule has 0 aliphatic carbocycles. The summed E-state index contributed by atoms with van der Waals surface area (Å²) in [6.45, 7) is 6.31. The van der Waals surface area contributed by atoms with E-state index in [0.29, 0.717) is 19.3 Å².